The van der Waals surface area contributed by atoms with Crippen LogP contribution in [-0.4, -0.2) is 83.0 Å². The number of esters is 3. The number of hydrogen-bond donors (Lipinski definition) is 0. The first-order valence-corrected chi connectivity index (χ1v) is 24.1. The Bertz CT molecular complexity index is 2380. The number of alkyl halides is 6. The number of rotatable bonds is 31. The Morgan fingerprint density at radius 1 is 0.597 bits per heavy atom. The molecule has 0 aliphatic carbocycles. The monoisotopic (exact) mass is 1020 g/mol. The van der Waals surface area contributed by atoms with Crippen LogP contribution < -0.4 is 18.9 Å². The molecule has 2 unspecified atom stereocenters. The Kier molecular flexibility index (Phi) is 21.1. The van der Waals surface area contributed by atoms with E-state index in [1.54, 1.807) is 30.3 Å². The molecule has 6 rings (SSSR count). The van der Waals surface area contributed by atoms with Crippen molar-refractivity contribution >= 4 is 17.9 Å². The number of epoxide rings is 2. The lowest BCUT2D eigenvalue weighted by Crippen LogP contribution is -2.17. The molecule has 0 bridgehead atoms. The molecule has 392 valence electrons. The lowest BCUT2D eigenvalue weighted by Gasteiger charge is -2.19. The maximum Gasteiger partial charge on any atom is 0.420 e. The third-order valence-corrected chi connectivity index (χ3v) is 11.6. The van der Waals surface area contributed by atoms with Crippen LogP contribution in [0.3, 0.4) is 0 Å². The van der Waals surface area contributed by atoms with Gasteiger partial charge in [0.05, 0.1) is 45.2 Å². The largest absolute Gasteiger partial charge is 0.493 e. The quantitative estimate of drug-likeness (QED) is 0.0156. The highest BCUT2D eigenvalue weighted by atomic mass is 19.4. The zero-order chi connectivity index (χ0) is 51.5. The number of unbranched alkanes of at least 4 members (excludes halogenated alkanes) is 6. The topological polar surface area (TPSA) is 141 Å². The van der Waals surface area contributed by atoms with E-state index in [2.05, 4.69) is 0 Å². The maximum atomic E-state index is 15.3. The van der Waals surface area contributed by atoms with Crippen molar-refractivity contribution in [2.45, 2.75) is 115 Å². The van der Waals surface area contributed by atoms with Gasteiger partial charge in [0.1, 0.15) is 47.2 Å². The zero-order valence-electron chi connectivity index (χ0n) is 40.0. The predicted molar refractivity (Wildman–Crippen MR) is 247 cm³/mol. The van der Waals surface area contributed by atoms with E-state index in [1.807, 2.05) is 0 Å². The Morgan fingerprint density at radius 2 is 1.11 bits per heavy atom. The fraction of sp³-hybridized carbons (Fsp3) is 0.491. The fourth-order valence-electron chi connectivity index (χ4n) is 7.59. The standard InChI is InChI=1S/C53H59F7O12/c1-35-37(15-20-44(48(35)52(55,56)57)66-27-11-4-2-9-25-64-31-40-33-68-40)17-23-47(62)72-43-22-19-39(29-42(43)51(63)70-30-36-13-7-6-8-14-36)71-46(61)24-18-38-16-21-45(50(54)49(38)53(58,59)60)67-28-12-5-3-10-26-65-32-41-34-69-41/h6-8,13-16,19-22,29,40-41H,2-5,9-12,17-18,23-28,30-34H2,1H3. The summed E-state index contributed by atoms with van der Waals surface area (Å²) in [4.78, 5) is 39.7. The van der Waals surface area contributed by atoms with Crippen molar-refractivity contribution < 1.29 is 87.7 Å². The first-order valence-electron chi connectivity index (χ1n) is 24.1. The van der Waals surface area contributed by atoms with Crippen LogP contribution in [0.4, 0.5) is 30.7 Å². The molecule has 4 aromatic carbocycles. The molecule has 0 radical (unpaired) electrons. The van der Waals surface area contributed by atoms with Gasteiger partial charge in [-0.25, -0.2) is 9.18 Å². The number of ether oxygens (including phenoxy) is 9. The number of aryl methyl sites for hydroxylation is 2. The number of halogens is 7. The molecule has 0 aromatic heterocycles. The van der Waals surface area contributed by atoms with Gasteiger partial charge >= 0.3 is 30.3 Å². The molecule has 2 atom stereocenters. The molecule has 12 nitrogen and oxygen atoms in total. The Hall–Kier alpha value is -5.76. The summed E-state index contributed by atoms with van der Waals surface area (Å²) < 4.78 is 149. The van der Waals surface area contributed by atoms with Crippen molar-refractivity contribution in [3.63, 3.8) is 0 Å². The molecule has 2 fully saturated rings. The molecule has 2 aliphatic rings. The third kappa shape index (κ3) is 18.4. The molecular formula is C53H59F7O12. The molecule has 0 spiro atoms. The van der Waals surface area contributed by atoms with E-state index >= 15 is 4.39 Å². The van der Waals surface area contributed by atoms with Gasteiger partial charge in [0.25, 0.3) is 0 Å². The van der Waals surface area contributed by atoms with Crippen molar-refractivity contribution in [1.29, 1.82) is 0 Å². The molecule has 2 saturated heterocycles. The van der Waals surface area contributed by atoms with Gasteiger partial charge in [0.15, 0.2) is 11.6 Å². The highest BCUT2D eigenvalue weighted by molar-refractivity contribution is 5.94. The molecule has 2 aliphatic heterocycles. The van der Waals surface area contributed by atoms with Crippen LogP contribution in [0, 0.1) is 12.7 Å². The highest BCUT2D eigenvalue weighted by Crippen LogP contribution is 2.41. The summed E-state index contributed by atoms with van der Waals surface area (Å²) in [6.07, 6.45) is -5.65. The molecular weight excluding hydrogens is 962 g/mol. The predicted octanol–water partition coefficient (Wildman–Crippen LogP) is 11.3. The Morgan fingerprint density at radius 3 is 1.69 bits per heavy atom. The van der Waals surface area contributed by atoms with Gasteiger partial charge in [-0.15, -0.1) is 0 Å². The molecule has 2 heterocycles. The first-order chi connectivity index (χ1) is 34.6. The summed E-state index contributed by atoms with van der Waals surface area (Å²) in [7, 11) is 0. The average molecular weight is 1020 g/mol. The molecule has 4 aromatic rings. The molecule has 19 heteroatoms. The summed E-state index contributed by atoms with van der Waals surface area (Å²) in [6, 6.07) is 16.7. The molecule has 0 saturated carbocycles. The second-order valence-electron chi connectivity index (χ2n) is 17.4. The van der Waals surface area contributed by atoms with E-state index in [1.165, 1.54) is 25.1 Å². The maximum absolute atomic E-state index is 15.3. The van der Waals surface area contributed by atoms with Gasteiger partial charge < -0.3 is 42.6 Å². The lowest BCUT2D eigenvalue weighted by atomic mass is 9.97. The van der Waals surface area contributed by atoms with Gasteiger partial charge in [-0.05, 0) is 111 Å². The van der Waals surface area contributed by atoms with Crippen LogP contribution in [0.15, 0.2) is 72.8 Å². The second kappa shape index (κ2) is 27.3. The van der Waals surface area contributed by atoms with Crippen LogP contribution >= 0.6 is 0 Å². The molecule has 0 amide bonds. The molecule has 0 N–H and O–H groups in total. The summed E-state index contributed by atoms with van der Waals surface area (Å²) in [5, 5.41) is 0. The summed E-state index contributed by atoms with van der Waals surface area (Å²) in [5.74, 6) is -6.06. The van der Waals surface area contributed by atoms with Gasteiger partial charge in [0, 0.05) is 26.1 Å². The lowest BCUT2D eigenvalue weighted by molar-refractivity contribution is -0.141. The number of carbonyl (C=O) groups is 3. The first kappa shape index (κ1) is 55.6. The van der Waals surface area contributed by atoms with E-state index in [0.29, 0.717) is 64.5 Å². The smallest absolute Gasteiger partial charge is 0.420 e. The number of carbonyl (C=O) groups excluding carboxylic acids is 3. The van der Waals surface area contributed by atoms with Gasteiger partial charge in [-0.3, -0.25) is 9.59 Å². The average Bonchev–Trinajstić information content (AvgIpc) is 4.29. The minimum absolute atomic E-state index is 0.0110. The minimum Gasteiger partial charge on any atom is -0.493 e. The van der Waals surface area contributed by atoms with Crippen LogP contribution in [-0.2, 0) is 65.1 Å². The van der Waals surface area contributed by atoms with Crippen LogP contribution in [0.25, 0.3) is 0 Å². The third-order valence-electron chi connectivity index (χ3n) is 11.6. The number of hydrogen-bond acceptors (Lipinski definition) is 12. The summed E-state index contributed by atoms with van der Waals surface area (Å²) in [5.41, 5.74) is -2.72. The van der Waals surface area contributed by atoms with Crippen LogP contribution in [0.1, 0.15) is 108 Å². The van der Waals surface area contributed by atoms with Crippen LogP contribution in [0.2, 0.25) is 0 Å². The van der Waals surface area contributed by atoms with Crippen molar-refractivity contribution in [3.8, 4) is 23.0 Å². The Labute approximate surface area is 413 Å². The van der Waals surface area contributed by atoms with E-state index < -0.39 is 77.8 Å². The number of benzene rings is 4. The van der Waals surface area contributed by atoms with Crippen molar-refractivity contribution in [2.24, 2.45) is 0 Å². The van der Waals surface area contributed by atoms with E-state index in [4.69, 9.17) is 42.6 Å². The summed E-state index contributed by atoms with van der Waals surface area (Å²) >= 11 is 0. The van der Waals surface area contributed by atoms with Gasteiger partial charge in [-0.2, -0.15) is 26.3 Å². The second-order valence-corrected chi connectivity index (χ2v) is 17.4. The summed E-state index contributed by atoms with van der Waals surface area (Å²) in [6.45, 7) is 4.80. The zero-order valence-corrected chi connectivity index (χ0v) is 40.0. The normalized spacial score (nSPS) is 15.2. The van der Waals surface area contributed by atoms with Crippen LogP contribution in [0.5, 0.6) is 23.0 Å². The van der Waals surface area contributed by atoms with Crippen molar-refractivity contribution in [1.82, 2.24) is 0 Å². The van der Waals surface area contributed by atoms with Crippen molar-refractivity contribution in [3.05, 3.63) is 118 Å². The fourth-order valence-corrected chi connectivity index (χ4v) is 7.59. The minimum atomic E-state index is -5.12. The van der Waals surface area contributed by atoms with E-state index in [0.717, 1.165) is 56.4 Å². The van der Waals surface area contributed by atoms with E-state index in [-0.39, 0.29) is 72.4 Å². The van der Waals surface area contributed by atoms with E-state index in [9.17, 15) is 40.7 Å². The van der Waals surface area contributed by atoms with Crippen molar-refractivity contribution in [2.75, 3.05) is 52.9 Å². The SMILES string of the molecule is Cc1c(CCC(=O)Oc2ccc(OC(=O)CCc3ccc(OCCCCCCOCC4CO4)c(F)c3C(F)(F)F)cc2C(=O)OCc2ccccc2)ccc(OCCCCCCOCC2CO2)c1C(F)(F)F. The molecule has 72 heavy (non-hydrogen) atoms. The highest BCUT2D eigenvalue weighted by Gasteiger charge is 2.39. The van der Waals surface area contributed by atoms with Gasteiger partial charge in [0.2, 0.25) is 0 Å². The Balaban J connectivity index is 1.04. The van der Waals surface area contributed by atoms with Gasteiger partial charge in [-0.1, -0.05) is 55.3 Å².